The van der Waals surface area contributed by atoms with E-state index in [0.717, 1.165) is 18.2 Å². The number of rotatable bonds is 4. The number of H-pyrrole nitrogens is 1. The van der Waals surface area contributed by atoms with Crippen molar-refractivity contribution < 1.29 is 0 Å². The van der Waals surface area contributed by atoms with Gasteiger partial charge < -0.3 is 5.32 Å². The predicted octanol–water partition coefficient (Wildman–Crippen LogP) is 2.02. The number of nitrogens with zero attached hydrogens (tertiary/aromatic N) is 2. The summed E-state index contributed by atoms with van der Waals surface area (Å²) in [5.74, 6) is 1.67. The van der Waals surface area contributed by atoms with E-state index >= 15 is 0 Å². The smallest absolute Gasteiger partial charge is 0.164 e. The highest BCUT2D eigenvalue weighted by Crippen LogP contribution is 2.12. The quantitative estimate of drug-likeness (QED) is 0.845. The summed E-state index contributed by atoms with van der Waals surface area (Å²) in [6.07, 6.45) is 0. The lowest BCUT2D eigenvalue weighted by molar-refractivity contribution is 0.662. The topological polar surface area (TPSA) is 53.6 Å². The Hall–Kier alpha value is -1.68. The van der Waals surface area contributed by atoms with Crippen LogP contribution >= 0.6 is 0 Å². The van der Waals surface area contributed by atoms with Crippen LogP contribution in [0.25, 0.3) is 0 Å². The number of nitrogens with one attached hydrogen (secondary N) is 2. The minimum atomic E-state index is 0.692. The maximum atomic E-state index is 4.25. The number of hydrogen-bond donors (Lipinski definition) is 2. The third-order valence-electron chi connectivity index (χ3n) is 2.96. The molecule has 0 amide bonds. The van der Waals surface area contributed by atoms with E-state index in [0.29, 0.717) is 6.54 Å². The summed E-state index contributed by atoms with van der Waals surface area (Å²) in [5, 5.41) is 10.3. The highest BCUT2D eigenvalue weighted by Gasteiger charge is 2.02. The van der Waals surface area contributed by atoms with Crippen LogP contribution in [0.2, 0.25) is 0 Å². The van der Waals surface area contributed by atoms with Gasteiger partial charge in [-0.15, -0.1) is 0 Å². The minimum absolute atomic E-state index is 0.692. The number of hydrogen-bond acceptors (Lipinski definition) is 3. The summed E-state index contributed by atoms with van der Waals surface area (Å²) in [6.45, 7) is 7.74. The average molecular weight is 230 g/mol. The molecule has 1 aromatic carbocycles. The molecule has 0 aliphatic carbocycles. The van der Waals surface area contributed by atoms with Gasteiger partial charge in [-0.2, -0.15) is 5.10 Å². The summed E-state index contributed by atoms with van der Waals surface area (Å²) < 4.78 is 0. The standard InChI is InChI=1S/C13H18N4/c1-9-5-4-6-12(10(9)2)7-14-8-13-15-11(3)16-17-13/h4-6,14H,7-8H2,1-3H3,(H,15,16,17). The first kappa shape index (κ1) is 11.8. The Kier molecular flexibility index (Phi) is 3.54. The monoisotopic (exact) mass is 230 g/mol. The highest BCUT2D eigenvalue weighted by molar-refractivity contribution is 5.32. The molecule has 2 rings (SSSR count). The number of aromatic nitrogens is 3. The SMILES string of the molecule is Cc1nc(CNCc2cccc(C)c2C)n[nH]1. The molecule has 0 atom stereocenters. The lowest BCUT2D eigenvalue weighted by Crippen LogP contribution is -2.14. The Morgan fingerprint density at radius 1 is 1.18 bits per heavy atom. The molecule has 17 heavy (non-hydrogen) atoms. The highest BCUT2D eigenvalue weighted by atomic mass is 15.2. The zero-order valence-corrected chi connectivity index (χ0v) is 10.5. The largest absolute Gasteiger partial charge is 0.306 e. The first-order chi connectivity index (χ1) is 8.16. The van der Waals surface area contributed by atoms with Gasteiger partial charge in [-0.3, -0.25) is 5.10 Å². The zero-order chi connectivity index (χ0) is 12.3. The summed E-state index contributed by atoms with van der Waals surface area (Å²) in [4.78, 5) is 4.25. The second-order valence-corrected chi connectivity index (χ2v) is 4.30. The second-order valence-electron chi connectivity index (χ2n) is 4.30. The molecule has 4 nitrogen and oxygen atoms in total. The Bertz CT molecular complexity index is 502. The maximum Gasteiger partial charge on any atom is 0.164 e. The van der Waals surface area contributed by atoms with Crippen LogP contribution in [-0.4, -0.2) is 15.2 Å². The molecular formula is C13H18N4. The lowest BCUT2D eigenvalue weighted by atomic mass is 10.0. The van der Waals surface area contributed by atoms with Gasteiger partial charge in [0.05, 0.1) is 6.54 Å². The minimum Gasteiger partial charge on any atom is -0.306 e. The van der Waals surface area contributed by atoms with Crippen LogP contribution in [0.5, 0.6) is 0 Å². The van der Waals surface area contributed by atoms with Gasteiger partial charge in [-0.1, -0.05) is 18.2 Å². The van der Waals surface area contributed by atoms with Crippen molar-refractivity contribution in [3.05, 3.63) is 46.5 Å². The van der Waals surface area contributed by atoms with Crippen LogP contribution in [-0.2, 0) is 13.1 Å². The average Bonchev–Trinajstić information content (AvgIpc) is 2.70. The molecule has 0 bridgehead atoms. The Labute approximate surface area is 101 Å². The van der Waals surface area contributed by atoms with Crippen molar-refractivity contribution in [2.45, 2.75) is 33.9 Å². The Morgan fingerprint density at radius 2 is 2.00 bits per heavy atom. The summed E-state index contributed by atoms with van der Waals surface area (Å²) in [5.41, 5.74) is 4.02. The number of benzene rings is 1. The van der Waals surface area contributed by atoms with E-state index in [1.165, 1.54) is 16.7 Å². The van der Waals surface area contributed by atoms with Crippen molar-refractivity contribution in [3.8, 4) is 0 Å². The number of aryl methyl sites for hydroxylation is 2. The third-order valence-corrected chi connectivity index (χ3v) is 2.96. The van der Waals surface area contributed by atoms with Crippen LogP contribution in [0.15, 0.2) is 18.2 Å². The molecular weight excluding hydrogens is 212 g/mol. The van der Waals surface area contributed by atoms with Gasteiger partial charge >= 0.3 is 0 Å². The molecule has 4 heteroatoms. The van der Waals surface area contributed by atoms with E-state index < -0.39 is 0 Å². The molecule has 0 fully saturated rings. The number of aromatic amines is 1. The molecule has 90 valence electrons. The molecule has 0 unspecified atom stereocenters. The van der Waals surface area contributed by atoms with E-state index in [4.69, 9.17) is 0 Å². The Morgan fingerprint density at radius 3 is 2.71 bits per heavy atom. The van der Waals surface area contributed by atoms with E-state index in [2.05, 4.69) is 52.5 Å². The van der Waals surface area contributed by atoms with Crippen molar-refractivity contribution in [1.82, 2.24) is 20.5 Å². The molecule has 0 aliphatic rings. The van der Waals surface area contributed by atoms with Crippen molar-refractivity contribution in [3.63, 3.8) is 0 Å². The van der Waals surface area contributed by atoms with Gasteiger partial charge in [0.25, 0.3) is 0 Å². The van der Waals surface area contributed by atoms with E-state index in [9.17, 15) is 0 Å². The lowest BCUT2D eigenvalue weighted by Gasteiger charge is -2.08. The van der Waals surface area contributed by atoms with Crippen molar-refractivity contribution in [1.29, 1.82) is 0 Å². The van der Waals surface area contributed by atoms with Crippen LogP contribution in [0.1, 0.15) is 28.3 Å². The molecule has 2 aromatic rings. The maximum absolute atomic E-state index is 4.25. The van der Waals surface area contributed by atoms with Crippen LogP contribution < -0.4 is 5.32 Å². The van der Waals surface area contributed by atoms with E-state index in [1.807, 2.05) is 6.92 Å². The first-order valence-electron chi connectivity index (χ1n) is 5.80. The van der Waals surface area contributed by atoms with Gasteiger partial charge in [0.1, 0.15) is 5.82 Å². The molecule has 0 saturated carbocycles. The summed E-state index contributed by atoms with van der Waals surface area (Å²) >= 11 is 0. The molecule has 1 heterocycles. The van der Waals surface area contributed by atoms with Gasteiger partial charge in [0.2, 0.25) is 0 Å². The van der Waals surface area contributed by atoms with Gasteiger partial charge in [0, 0.05) is 6.54 Å². The normalized spacial score (nSPS) is 10.8. The zero-order valence-electron chi connectivity index (χ0n) is 10.5. The molecule has 0 spiro atoms. The van der Waals surface area contributed by atoms with E-state index in [-0.39, 0.29) is 0 Å². The molecule has 2 N–H and O–H groups in total. The van der Waals surface area contributed by atoms with Crippen molar-refractivity contribution in [2.24, 2.45) is 0 Å². The summed E-state index contributed by atoms with van der Waals surface area (Å²) in [6, 6.07) is 6.38. The van der Waals surface area contributed by atoms with Gasteiger partial charge in [0.15, 0.2) is 5.82 Å². The van der Waals surface area contributed by atoms with Crippen molar-refractivity contribution in [2.75, 3.05) is 0 Å². The fourth-order valence-electron chi connectivity index (χ4n) is 1.78. The van der Waals surface area contributed by atoms with Gasteiger partial charge in [-0.25, -0.2) is 4.98 Å². The van der Waals surface area contributed by atoms with Crippen LogP contribution in [0, 0.1) is 20.8 Å². The fraction of sp³-hybridized carbons (Fsp3) is 0.385. The summed E-state index contributed by atoms with van der Waals surface area (Å²) in [7, 11) is 0. The molecule has 0 radical (unpaired) electrons. The Balaban J connectivity index is 1.92. The fourth-order valence-corrected chi connectivity index (χ4v) is 1.78. The predicted molar refractivity (Wildman–Crippen MR) is 67.6 cm³/mol. The van der Waals surface area contributed by atoms with Crippen molar-refractivity contribution >= 4 is 0 Å². The van der Waals surface area contributed by atoms with Crippen LogP contribution in [0.4, 0.5) is 0 Å². The first-order valence-corrected chi connectivity index (χ1v) is 5.80. The molecule has 0 aliphatic heterocycles. The van der Waals surface area contributed by atoms with E-state index in [1.54, 1.807) is 0 Å². The molecule has 0 saturated heterocycles. The van der Waals surface area contributed by atoms with Gasteiger partial charge in [-0.05, 0) is 37.5 Å². The third kappa shape index (κ3) is 2.91. The van der Waals surface area contributed by atoms with Crippen LogP contribution in [0.3, 0.4) is 0 Å². The second kappa shape index (κ2) is 5.10. The molecule has 1 aromatic heterocycles.